The first-order valence-electron chi connectivity index (χ1n) is 10.6. The van der Waals surface area contributed by atoms with Crippen LogP contribution < -0.4 is 15.4 Å². The molecule has 0 aliphatic rings. The summed E-state index contributed by atoms with van der Waals surface area (Å²) in [6, 6.07) is 9.96. The van der Waals surface area contributed by atoms with E-state index < -0.39 is 0 Å². The third kappa shape index (κ3) is 5.37. The van der Waals surface area contributed by atoms with Crippen LogP contribution in [-0.2, 0) is 0 Å². The predicted molar refractivity (Wildman–Crippen MR) is 137 cm³/mol. The fourth-order valence-corrected chi connectivity index (χ4v) is 4.69. The second-order valence-electron chi connectivity index (χ2n) is 7.20. The van der Waals surface area contributed by atoms with Crippen molar-refractivity contribution in [1.82, 2.24) is 24.1 Å². The summed E-state index contributed by atoms with van der Waals surface area (Å²) >= 11 is 2.99. The van der Waals surface area contributed by atoms with E-state index in [4.69, 9.17) is 14.7 Å². The zero-order valence-corrected chi connectivity index (χ0v) is 20.6. The van der Waals surface area contributed by atoms with Crippen LogP contribution in [0.25, 0.3) is 11.2 Å². The normalized spacial score (nSPS) is 11.9. The Bertz CT molecular complexity index is 1290. The Kier molecular flexibility index (Phi) is 7.31. The molecule has 170 valence electrons. The van der Waals surface area contributed by atoms with Gasteiger partial charge in [0.15, 0.2) is 11.5 Å². The molecule has 4 aromatic rings. The molecule has 0 bridgehead atoms. The van der Waals surface area contributed by atoms with Crippen LogP contribution in [0.15, 0.2) is 71.0 Å². The molecule has 3 heterocycles. The van der Waals surface area contributed by atoms with Gasteiger partial charge in [-0.2, -0.15) is 4.37 Å². The summed E-state index contributed by atoms with van der Waals surface area (Å²) in [4.78, 5) is 10.7. The monoisotopic (exact) mass is 478 g/mol. The number of nitrogens with zero attached hydrogens (tertiary/aromatic N) is 4. The highest BCUT2D eigenvalue weighted by Gasteiger charge is 2.15. The summed E-state index contributed by atoms with van der Waals surface area (Å²) in [5.41, 5.74) is 3.74. The van der Waals surface area contributed by atoms with Gasteiger partial charge in [0, 0.05) is 29.9 Å². The average molecular weight is 479 g/mol. The molecule has 0 aliphatic carbocycles. The van der Waals surface area contributed by atoms with Crippen molar-refractivity contribution in [3.8, 4) is 5.75 Å². The smallest absolute Gasteiger partial charge is 0.181 e. The van der Waals surface area contributed by atoms with E-state index in [1.54, 1.807) is 18.9 Å². The standard InChI is InChI=1S/C24H26N6OS2/c1-5-6-7-17(13-25-3)20-14-26-24-23(27-21-12-16(2)29-33-21)28-22(15-30(20)24)32-19-10-8-18(31-4)9-11-19/h6-15,25H,5H2,1-4H3,(H,27,28)/b7-6+,17-13+. The van der Waals surface area contributed by atoms with Crippen LogP contribution >= 0.6 is 23.3 Å². The quantitative estimate of drug-likeness (QED) is 0.289. The summed E-state index contributed by atoms with van der Waals surface area (Å²) in [6.07, 6.45) is 11.1. The van der Waals surface area contributed by atoms with Crippen LogP contribution in [0.4, 0.5) is 10.8 Å². The second-order valence-corrected chi connectivity index (χ2v) is 9.10. The lowest BCUT2D eigenvalue weighted by Gasteiger charge is -2.10. The molecular formula is C24H26N6OS2. The van der Waals surface area contributed by atoms with Crippen LogP contribution in [-0.4, -0.2) is 32.9 Å². The highest BCUT2D eigenvalue weighted by molar-refractivity contribution is 7.99. The minimum Gasteiger partial charge on any atom is -0.497 e. The fraction of sp³-hybridized carbons (Fsp3) is 0.208. The molecule has 0 radical (unpaired) electrons. The first-order chi connectivity index (χ1) is 16.1. The minimum atomic E-state index is 0.687. The SMILES string of the molecule is CC/C=C/C(=C\NC)c1cnc2c(Nc3cc(C)ns3)nc(Sc3ccc(OC)cc3)cn12. The Balaban J connectivity index is 1.80. The molecule has 0 aliphatic heterocycles. The van der Waals surface area contributed by atoms with Crippen molar-refractivity contribution in [3.05, 3.63) is 72.5 Å². The van der Waals surface area contributed by atoms with Crippen LogP contribution in [0.3, 0.4) is 0 Å². The van der Waals surface area contributed by atoms with Gasteiger partial charge in [-0.05, 0) is 55.2 Å². The highest BCUT2D eigenvalue weighted by atomic mass is 32.2. The van der Waals surface area contributed by atoms with Crippen molar-refractivity contribution in [2.45, 2.75) is 30.2 Å². The van der Waals surface area contributed by atoms with Gasteiger partial charge in [-0.25, -0.2) is 9.97 Å². The number of rotatable bonds is 9. The van der Waals surface area contributed by atoms with E-state index in [9.17, 15) is 0 Å². The van der Waals surface area contributed by atoms with Crippen LogP contribution in [0.5, 0.6) is 5.75 Å². The molecule has 1 aromatic carbocycles. The molecule has 2 N–H and O–H groups in total. The number of nitrogens with one attached hydrogen (secondary N) is 2. The molecule has 7 nitrogen and oxygen atoms in total. The number of aryl methyl sites for hydroxylation is 1. The van der Waals surface area contributed by atoms with Crippen LogP contribution in [0, 0.1) is 6.92 Å². The van der Waals surface area contributed by atoms with Crippen molar-refractivity contribution < 1.29 is 4.74 Å². The topological polar surface area (TPSA) is 76.4 Å². The minimum absolute atomic E-state index is 0.687. The number of hydrogen-bond acceptors (Lipinski definition) is 8. The van der Waals surface area contributed by atoms with Crippen LogP contribution in [0.1, 0.15) is 24.7 Å². The van der Waals surface area contributed by atoms with E-state index in [0.717, 1.165) is 49.7 Å². The number of fused-ring (bicyclic) bond motifs is 1. The van der Waals surface area contributed by atoms with E-state index in [1.165, 1.54) is 11.5 Å². The number of allylic oxidation sites excluding steroid dienone is 3. The molecule has 0 fully saturated rings. The lowest BCUT2D eigenvalue weighted by Crippen LogP contribution is -2.02. The van der Waals surface area contributed by atoms with E-state index in [1.807, 2.05) is 62.9 Å². The zero-order valence-electron chi connectivity index (χ0n) is 19.0. The third-order valence-electron chi connectivity index (χ3n) is 4.75. The van der Waals surface area contributed by atoms with Gasteiger partial charge in [0.25, 0.3) is 0 Å². The zero-order chi connectivity index (χ0) is 23.2. The van der Waals surface area contributed by atoms with Gasteiger partial charge in [-0.15, -0.1) is 0 Å². The van der Waals surface area contributed by atoms with Crippen molar-refractivity contribution in [1.29, 1.82) is 0 Å². The molecule has 3 aromatic heterocycles. The molecule has 9 heteroatoms. The second kappa shape index (κ2) is 10.5. The van der Waals surface area contributed by atoms with Gasteiger partial charge in [-0.3, -0.25) is 4.40 Å². The first kappa shape index (κ1) is 22.9. The van der Waals surface area contributed by atoms with Gasteiger partial charge >= 0.3 is 0 Å². The Morgan fingerprint density at radius 1 is 1.27 bits per heavy atom. The number of hydrogen-bond donors (Lipinski definition) is 2. The molecule has 33 heavy (non-hydrogen) atoms. The van der Waals surface area contributed by atoms with E-state index in [2.05, 4.69) is 38.5 Å². The van der Waals surface area contributed by atoms with Crippen molar-refractivity contribution in [2.75, 3.05) is 19.5 Å². The number of imidazole rings is 1. The van der Waals surface area contributed by atoms with Crippen LogP contribution in [0.2, 0.25) is 0 Å². The summed E-state index contributed by atoms with van der Waals surface area (Å²) in [6.45, 7) is 4.09. The molecule has 0 saturated heterocycles. The Morgan fingerprint density at radius 3 is 2.76 bits per heavy atom. The Hall–Kier alpha value is -3.30. The van der Waals surface area contributed by atoms with E-state index in [0.29, 0.717) is 5.82 Å². The number of benzene rings is 1. The maximum atomic E-state index is 5.28. The first-order valence-corrected chi connectivity index (χ1v) is 12.1. The highest BCUT2D eigenvalue weighted by Crippen LogP contribution is 2.32. The van der Waals surface area contributed by atoms with Crippen molar-refractivity contribution in [2.24, 2.45) is 0 Å². The van der Waals surface area contributed by atoms with Gasteiger partial charge in [0.05, 0.1) is 24.7 Å². The molecule has 0 spiro atoms. The largest absolute Gasteiger partial charge is 0.497 e. The number of methoxy groups -OCH3 is 1. The Labute approximate surface area is 201 Å². The number of ether oxygens (including phenoxy) is 1. The van der Waals surface area contributed by atoms with Gasteiger partial charge in [0.1, 0.15) is 15.8 Å². The van der Waals surface area contributed by atoms with Gasteiger partial charge in [0.2, 0.25) is 0 Å². The summed E-state index contributed by atoms with van der Waals surface area (Å²) in [7, 11) is 3.56. The maximum Gasteiger partial charge on any atom is 0.181 e. The average Bonchev–Trinajstić information content (AvgIpc) is 3.43. The third-order valence-corrected chi connectivity index (χ3v) is 6.46. The number of anilines is 2. The predicted octanol–water partition coefficient (Wildman–Crippen LogP) is 5.92. The Morgan fingerprint density at radius 2 is 2.09 bits per heavy atom. The van der Waals surface area contributed by atoms with E-state index >= 15 is 0 Å². The molecule has 0 unspecified atom stereocenters. The summed E-state index contributed by atoms with van der Waals surface area (Å²) < 4.78 is 11.7. The fourth-order valence-electron chi connectivity index (χ4n) is 3.22. The molecule has 0 amide bonds. The van der Waals surface area contributed by atoms with E-state index in [-0.39, 0.29) is 0 Å². The van der Waals surface area contributed by atoms with Gasteiger partial charge < -0.3 is 15.4 Å². The molecule has 0 saturated carbocycles. The molecule has 4 rings (SSSR count). The lowest BCUT2D eigenvalue weighted by molar-refractivity contribution is 0.414. The molecular weight excluding hydrogens is 452 g/mol. The maximum absolute atomic E-state index is 5.28. The van der Waals surface area contributed by atoms with Crippen molar-refractivity contribution >= 4 is 45.3 Å². The van der Waals surface area contributed by atoms with Crippen molar-refractivity contribution in [3.63, 3.8) is 0 Å². The molecule has 0 atom stereocenters. The van der Waals surface area contributed by atoms with Gasteiger partial charge in [-0.1, -0.05) is 30.8 Å². The summed E-state index contributed by atoms with van der Waals surface area (Å²) in [5.74, 6) is 1.51. The number of aromatic nitrogens is 4. The lowest BCUT2D eigenvalue weighted by atomic mass is 10.2. The summed E-state index contributed by atoms with van der Waals surface area (Å²) in [5, 5.41) is 8.33.